The molecule has 0 saturated carbocycles. The van der Waals surface area contributed by atoms with Gasteiger partial charge in [0.2, 0.25) is 11.9 Å². The first-order valence-corrected chi connectivity index (χ1v) is 11.2. The van der Waals surface area contributed by atoms with Gasteiger partial charge in [0.1, 0.15) is 5.76 Å². The third-order valence-corrected chi connectivity index (χ3v) is 6.48. The molecule has 2 aromatic rings. The van der Waals surface area contributed by atoms with E-state index < -0.39 is 0 Å². The SMILES string of the molecule is CC1CC(C)CN(C(=O)CSc2nnc(N3CCCC3)n2Cc2ccco2)C1. The third-order valence-electron chi connectivity index (χ3n) is 5.53. The van der Waals surface area contributed by atoms with Crippen LogP contribution < -0.4 is 4.90 Å². The molecular weight excluding hydrogens is 374 g/mol. The Hall–Kier alpha value is -1.96. The highest BCUT2D eigenvalue weighted by Gasteiger charge is 2.27. The molecule has 2 unspecified atom stereocenters. The van der Waals surface area contributed by atoms with Crippen LogP contribution in [0.25, 0.3) is 0 Å². The number of furan rings is 1. The van der Waals surface area contributed by atoms with Crippen molar-refractivity contribution in [1.29, 1.82) is 0 Å². The van der Waals surface area contributed by atoms with Crippen LogP contribution in [0.1, 0.15) is 38.9 Å². The van der Waals surface area contributed by atoms with Crippen LogP contribution in [0.3, 0.4) is 0 Å². The highest BCUT2D eigenvalue weighted by atomic mass is 32.2. The van der Waals surface area contributed by atoms with E-state index in [-0.39, 0.29) is 5.91 Å². The molecule has 8 heteroatoms. The number of rotatable bonds is 6. The van der Waals surface area contributed by atoms with Crippen LogP contribution in [0, 0.1) is 11.8 Å². The maximum absolute atomic E-state index is 12.8. The Bertz CT molecular complexity index is 775. The minimum absolute atomic E-state index is 0.193. The van der Waals surface area contributed by atoms with Crippen molar-refractivity contribution < 1.29 is 9.21 Å². The third kappa shape index (κ3) is 4.37. The molecule has 0 aliphatic carbocycles. The second kappa shape index (κ2) is 8.59. The summed E-state index contributed by atoms with van der Waals surface area (Å²) in [5.74, 6) is 3.48. The van der Waals surface area contributed by atoms with Crippen LogP contribution in [0.4, 0.5) is 5.95 Å². The molecular formula is C20H29N5O2S. The molecule has 152 valence electrons. The molecule has 2 aromatic heterocycles. The number of amides is 1. The van der Waals surface area contributed by atoms with E-state index in [1.54, 1.807) is 6.26 Å². The number of carbonyl (C=O) groups excluding carboxylic acids is 1. The molecule has 4 rings (SSSR count). The largest absolute Gasteiger partial charge is 0.467 e. The molecule has 0 bridgehead atoms. The summed E-state index contributed by atoms with van der Waals surface area (Å²) in [7, 11) is 0. The number of aromatic nitrogens is 3. The Kier molecular flexibility index (Phi) is 5.94. The summed E-state index contributed by atoms with van der Waals surface area (Å²) in [5.41, 5.74) is 0. The zero-order valence-electron chi connectivity index (χ0n) is 16.7. The van der Waals surface area contributed by atoms with Gasteiger partial charge >= 0.3 is 0 Å². The summed E-state index contributed by atoms with van der Waals surface area (Å²) in [6.45, 7) is 8.77. The molecule has 2 aliphatic heterocycles. The Balaban J connectivity index is 1.46. The first kappa shape index (κ1) is 19.4. The van der Waals surface area contributed by atoms with Crippen molar-refractivity contribution in [2.75, 3.05) is 36.8 Å². The first-order valence-electron chi connectivity index (χ1n) is 10.2. The van der Waals surface area contributed by atoms with E-state index >= 15 is 0 Å². The Morgan fingerprint density at radius 3 is 2.64 bits per heavy atom. The van der Waals surface area contributed by atoms with Crippen molar-refractivity contribution in [3.63, 3.8) is 0 Å². The van der Waals surface area contributed by atoms with Gasteiger partial charge in [-0.05, 0) is 43.2 Å². The van der Waals surface area contributed by atoms with E-state index in [1.807, 2.05) is 17.0 Å². The summed E-state index contributed by atoms with van der Waals surface area (Å²) in [6, 6.07) is 3.86. The predicted molar refractivity (Wildman–Crippen MR) is 110 cm³/mol. The number of hydrogen-bond donors (Lipinski definition) is 0. The van der Waals surface area contributed by atoms with Gasteiger partial charge in [0.05, 0.1) is 18.6 Å². The Morgan fingerprint density at radius 2 is 1.96 bits per heavy atom. The van der Waals surface area contributed by atoms with Crippen molar-refractivity contribution in [1.82, 2.24) is 19.7 Å². The molecule has 2 atom stereocenters. The van der Waals surface area contributed by atoms with Gasteiger partial charge in [0.15, 0.2) is 5.16 Å². The lowest BCUT2D eigenvalue weighted by atomic mass is 9.92. The number of thioether (sulfide) groups is 1. The number of hydrogen-bond acceptors (Lipinski definition) is 6. The van der Waals surface area contributed by atoms with Gasteiger partial charge in [-0.1, -0.05) is 25.6 Å². The van der Waals surface area contributed by atoms with Crippen molar-refractivity contribution in [2.24, 2.45) is 11.8 Å². The standard InChI is InChI=1S/C20H29N5O2S/c1-15-10-16(2)12-24(11-15)18(26)14-28-20-22-21-19(23-7-3-4-8-23)25(20)13-17-6-5-9-27-17/h5-6,9,15-16H,3-4,7-8,10-14H2,1-2H3. The molecule has 0 N–H and O–H groups in total. The van der Waals surface area contributed by atoms with Crippen LogP contribution in [0.2, 0.25) is 0 Å². The quantitative estimate of drug-likeness (QED) is 0.691. The van der Waals surface area contributed by atoms with Crippen molar-refractivity contribution in [2.45, 2.75) is 44.8 Å². The zero-order chi connectivity index (χ0) is 19.5. The van der Waals surface area contributed by atoms with E-state index in [9.17, 15) is 4.79 Å². The van der Waals surface area contributed by atoms with Gasteiger partial charge in [-0.2, -0.15) is 0 Å². The van der Waals surface area contributed by atoms with Gasteiger partial charge < -0.3 is 14.2 Å². The lowest BCUT2D eigenvalue weighted by molar-refractivity contribution is -0.130. The zero-order valence-corrected chi connectivity index (χ0v) is 17.5. The van der Waals surface area contributed by atoms with Crippen LogP contribution in [0.15, 0.2) is 28.0 Å². The van der Waals surface area contributed by atoms with Gasteiger partial charge in [0.25, 0.3) is 0 Å². The highest BCUT2D eigenvalue weighted by molar-refractivity contribution is 7.99. The van der Waals surface area contributed by atoms with E-state index in [1.165, 1.54) is 31.0 Å². The van der Waals surface area contributed by atoms with Crippen LogP contribution in [-0.4, -0.2) is 57.5 Å². The van der Waals surface area contributed by atoms with Gasteiger partial charge in [-0.25, -0.2) is 0 Å². The average molecular weight is 404 g/mol. The number of anilines is 1. The highest BCUT2D eigenvalue weighted by Crippen LogP contribution is 2.27. The lowest BCUT2D eigenvalue weighted by Crippen LogP contribution is -2.43. The number of carbonyl (C=O) groups is 1. The van der Waals surface area contributed by atoms with E-state index in [4.69, 9.17) is 4.42 Å². The summed E-state index contributed by atoms with van der Waals surface area (Å²) in [6.07, 6.45) is 5.25. The average Bonchev–Trinajstić information content (AvgIpc) is 3.41. The second-order valence-corrected chi connectivity index (χ2v) is 9.12. The monoisotopic (exact) mass is 403 g/mol. The Labute approximate surface area is 170 Å². The molecule has 0 aromatic carbocycles. The van der Waals surface area contributed by atoms with E-state index in [0.717, 1.165) is 43.0 Å². The lowest BCUT2D eigenvalue weighted by Gasteiger charge is -2.35. The fraction of sp³-hybridized carbons (Fsp3) is 0.650. The molecule has 2 fully saturated rings. The normalized spacial score (nSPS) is 22.8. The maximum atomic E-state index is 12.8. The minimum atomic E-state index is 0.193. The van der Waals surface area contributed by atoms with Crippen molar-refractivity contribution in [3.8, 4) is 0 Å². The van der Waals surface area contributed by atoms with E-state index in [0.29, 0.717) is 24.1 Å². The maximum Gasteiger partial charge on any atom is 0.233 e. The summed E-state index contributed by atoms with van der Waals surface area (Å²) < 4.78 is 7.63. The number of piperidine rings is 1. The summed E-state index contributed by atoms with van der Waals surface area (Å²) >= 11 is 1.48. The second-order valence-electron chi connectivity index (χ2n) is 8.18. The van der Waals surface area contributed by atoms with E-state index in [2.05, 4.69) is 33.5 Å². The van der Waals surface area contributed by atoms with Gasteiger partial charge in [0, 0.05) is 26.2 Å². The fourth-order valence-electron chi connectivity index (χ4n) is 4.32. The van der Waals surface area contributed by atoms with Crippen molar-refractivity contribution in [3.05, 3.63) is 24.2 Å². The topological polar surface area (TPSA) is 67.4 Å². The molecule has 1 amide bonds. The van der Waals surface area contributed by atoms with Crippen LogP contribution in [-0.2, 0) is 11.3 Å². The molecule has 0 spiro atoms. The molecule has 0 radical (unpaired) electrons. The Morgan fingerprint density at radius 1 is 1.21 bits per heavy atom. The molecule has 2 saturated heterocycles. The fourth-order valence-corrected chi connectivity index (χ4v) is 5.16. The summed E-state index contributed by atoms with van der Waals surface area (Å²) in [5, 5.41) is 9.64. The van der Waals surface area contributed by atoms with Gasteiger partial charge in [-0.15, -0.1) is 10.2 Å². The predicted octanol–water partition coefficient (Wildman–Crippen LogP) is 3.12. The van der Waals surface area contributed by atoms with Crippen LogP contribution in [0.5, 0.6) is 0 Å². The number of nitrogens with zero attached hydrogens (tertiary/aromatic N) is 5. The van der Waals surface area contributed by atoms with Crippen LogP contribution >= 0.6 is 11.8 Å². The van der Waals surface area contributed by atoms with Crippen molar-refractivity contribution >= 4 is 23.6 Å². The minimum Gasteiger partial charge on any atom is -0.467 e. The number of likely N-dealkylation sites (tertiary alicyclic amines) is 1. The molecule has 2 aliphatic rings. The molecule has 7 nitrogen and oxygen atoms in total. The summed E-state index contributed by atoms with van der Waals surface area (Å²) in [4.78, 5) is 17.1. The first-order chi connectivity index (χ1) is 13.6. The molecule has 4 heterocycles. The smallest absolute Gasteiger partial charge is 0.233 e. The van der Waals surface area contributed by atoms with Gasteiger partial charge in [-0.3, -0.25) is 9.36 Å². The molecule has 28 heavy (non-hydrogen) atoms.